The van der Waals surface area contributed by atoms with Crippen molar-refractivity contribution >= 4 is 27.7 Å². The first-order valence-electron chi connectivity index (χ1n) is 9.02. The monoisotopic (exact) mass is 445 g/mol. The average Bonchev–Trinajstić information content (AvgIpc) is 3.06. The highest BCUT2D eigenvalue weighted by molar-refractivity contribution is 9.10. The van der Waals surface area contributed by atoms with Crippen LogP contribution >= 0.6 is 27.7 Å². The summed E-state index contributed by atoms with van der Waals surface area (Å²) in [6.45, 7) is 9.10. The molecular formula is C21H24BrN3OS. The predicted octanol–water partition coefficient (Wildman–Crippen LogP) is 6.11. The van der Waals surface area contributed by atoms with Gasteiger partial charge in [0.2, 0.25) is 0 Å². The number of aromatic nitrogens is 3. The molecule has 0 amide bonds. The summed E-state index contributed by atoms with van der Waals surface area (Å²) in [5, 5.41) is 9.74. The van der Waals surface area contributed by atoms with Gasteiger partial charge in [0.1, 0.15) is 5.75 Å². The molecule has 1 heterocycles. The van der Waals surface area contributed by atoms with Crippen LogP contribution in [0, 0.1) is 13.8 Å². The van der Waals surface area contributed by atoms with Crippen LogP contribution in [0.2, 0.25) is 0 Å². The van der Waals surface area contributed by atoms with Crippen molar-refractivity contribution in [2.45, 2.75) is 51.3 Å². The summed E-state index contributed by atoms with van der Waals surface area (Å²) in [6.07, 6.45) is -0.166. The molecule has 2 aromatic carbocycles. The third kappa shape index (κ3) is 4.93. The molecule has 0 bridgehead atoms. The number of nitrogens with zero attached hydrogens (tertiary/aromatic N) is 3. The van der Waals surface area contributed by atoms with Crippen molar-refractivity contribution in [3.8, 4) is 5.75 Å². The van der Waals surface area contributed by atoms with Crippen LogP contribution in [0.5, 0.6) is 5.75 Å². The fourth-order valence-corrected chi connectivity index (χ4v) is 4.14. The molecule has 142 valence electrons. The highest BCUT2D eigenvalue weighted by atomic mass is 79.9. The van der Waals surface area contributed by atoms with Gasteiger partial charge in [-0.05, 0) is 57.0 Å². The molecule has 3 rings (SSSR count). The van der Waals surface area contributed by atoms with Crippen molar-refractivity contribution in [1.29, 1.82) is 0 Å². The number of halogens is 1. The van der Waals surface area contributed by atoms with Gasteiger partial charge in [0.25, 0.3) is 0 Å². The van der Waals surface area contributed by atoms with Gasteiger partial charge in [-0.1, -0.05) is 57.5 Å². The van der Waals surface area contributed by atoms with Gasteiger partial charge in [0.15, 0.2) is 17.1 Å². The molecule has 0 saturated heterocycles. The van der Waals surface area contributed by atoms with Crippen molar-refractivity contribution in [2.24, 2.45) is 0 Å². The maximum absolute atomic E-state index is 6.18. The standard InChI is InChI=1S/C21H24BrN3OS/c1-5-25-20(16(4)26-19-11-6-14(2)12-15(19)3)23-24-21(25)27-13-17-7-9-18(22)10-8-17/h6-12,16H,5,13H2,1-4H3. The SMILES string of the molecule is CCn1c(SCc2ccc(Br)cc2)nnc1C(C)Oc1ccc(C)cc1C. The van der Waals surface area contributed by atoms with Gasteiger partial charge in [-0.25, -0.2) is 0 Å². The quantitative estimate of drug-likeness (QED) is 0.411. The van der Waals surface area contributed by atoms with Crippen LogP contribution in [0.25, 0.3) is 0 Å². The Balaban J connectivity index is 1.73. The van der Waals surface area contributed by atoms with Gasteiger partial charge in [0.05, 0.1) is 0 Å². The molecule has 1 aromatic heterocycles. The maximum atomic E-state index is 6.18. The van der Waals surface area contributed by atoms with Crippen molar-refractivity contribution in [2.75, 3.05) is 0 Å². The van der Waals surface area contributed by atoms with Crippen LogP contribution in [0.4, 0.5) is 0 Å². The Morgan fingerprint density at radius 2 is 1.85 bits per heavy atom. The van der Waals surface area contributed by atoms with E-state index in [4.69, 9.17) is 4.74 Å². The van der Waals surface area contributed by atoms with Crippen molar-refractivity contribution in [3.05, 3.63) is 69.5 Å². The number of rotatable bonds is 7. The fraction of sp³-hybridized carbons (Fsp3) is 0.333. The zero-order chi connectivity index (χ0) is 19.4. The lowest BCUT2D eigenvalue weighted by atomic mass is 10.1. The van der Waals surface area contributed by atoms with Crippen molar-refractivity contribution in [1.82, 2.24) is 14.8 Å². The molecular weight excluding hydrogens is 422 g/mol. The molecule has 27 heavy (non-hydrogen) atoms. The Morgan fingerprint density at radius 3 is 2.52 bits per heavy atom. The first-order chi connectivity index (χ1) is 13.0. The summed E-state index contributed by atoms with van der Waals surface area (Å²) < 4.78 is 9.41. The number of hydrogen-bond donors (Lipinski definition) is 0. The number of thioether (sulfide) groups is 1. The Morgan fingerprint density at radius 1 is 1.11 bits per heavy atom. The molecule has 0 fully saturated rings. The Labute approximate surface area is 173 Å². The van der Waals surface area contributed by atoms with E-state index in [2.05, 4.69) is 87.9 Å². The molecule has 0 N–H and O–H groups in total. The van der Waals surface area contributed by atoms with E-state index in [1.54, 1.807) is 11.8 Å². The van der Waals surface area contributed by atoms with Crippen LogP contribution in [-0.2, 0) is 12.3 Å². The molecule has 6 heteroatoms. The van der Waals surface area contributed by atoms with Gasteiger partial charge < -0.3 is 9.30 Å². The Bertz CT molecular complexity index is 908. The lowest BCUT2D eigenvalue weighted by molar-refractivity contribution is 0.208. The molecule has 4 nitrogen and oxygen atoms in total. The normalized spacial score (nSPS) is 12.2. The van der Waals surface area contributed by atoms with Gasteiger partial charge in [-0.3, -0.25) is 0 Å². The van der Waals surface area contributed by atoms with E-state index in [-0.39, 0.29) is 6.10 Å². The second-order valence-corrected chi connectivity index (χ2v) is 8.39. The van der Waals surface area contributed by atoms with E-state index in [1.165, 1.54) is 11.1 Å². The average molecular weight is 446 g/mol. The first kappa shape index (κ1) is 20.0. The van der Waals surface area contributed by atoms with E-state index >= 15 is 0 Å². The Hall–Kier alpha value is -1.79. The summed E-state index contributed by atoms with van der Waals surface area (Å²) in [5.41, 5.74) is 3.63. The number of aryl methyl sites for hydroxylation is 2. The minimum Gasteiger partial charge on any atom is -0.482 e. The topological polar surface area (TPSA) is 39.9 Å². The third-order valence-corrected chi connectivity index (χ3v) is 5.91. The minimum atomic E-state index is -0.166. The minimum absolute atomic E-state index is 0.166. The predicted molar refractivity (Wildman–Crippen MR) is 114 cm³/mol. The summed E-state index contributed by atoms with van der Waals surface area (Å²) >= 11 is 5.17. The molecule has 0 spiro atoms. The zero-order valence-electron chi connectivity index (χ0n) is 16.1. The molecule has 3 aromatic rings. The first-order valence-corrected chi connectivity index (χ1v) is 10.8. The van der Waals surface area contributed by atoms with Gasteiger partial charge >= 0.3 is 0 Å². The van der Waals surface area contributed by atoms with Crippen LogP contribution < -0.4 is 4.74 Å². The number of hydrogen-bond acceptors (Lipinski definition) is 4. The highest BCUT2D eigenvalue weighted by Gasteiger charge is 2.19. The summed E-state index contributed by atoms with van der Waals surface area (Å²) in [7, 11) is 0. The van der Waals surface area contributed by atoms with E-state index in [9.17, 15) is 0 Å². The number of benzene rings is 2. The van der Waals surface area contributed by atoms with Gasteiger partial charge in [-0.15, -0.1) is 10.2 Å². The molecule has 0 saturated carbocycles. The molecule has 1 atom stereocenters. The summed E-state index contributed by atoms with van der Waals surface area (Å²) in [5.74, 6) is 2.61. The molecule has 1 unspecified atom stereocenters. The molecule has 0 aliphatic heterocycles. The highest BCUT2D eigenvalue weighted by Crippen LogP contribution is 2.28. The van der Waals surface area contributed by atoms with Crippen molar-refractivity contribution in [3.63, 3.8) is 0 Å². The fourth-order valence-electron chi connectivity index (χ4n) is 2.91. The summed E-state index contributed by atoms with van der Waals surface area (Å²) in [4.78, 5) is 0. The second-order valence-electron chi connectivity index (χ2n) is 6.53. The molecule has 0 aliphatic carbocycles. The smallest absolute Gasteiger partial charge is 0.191 e. The van der Waals surface area contributed by atoms with Gasteiger partial charge in [0, 0.05) is 16.8 Å². The van der Waals surface area contributed by atoms with E-state index < -0.39 is 0 Å². The second kappa shape index (κ2) is 8.93. The third-order valence-electron chi connectivity index (χ3n) is 4.34. The molecule has 0 radical (unpaired) electrons. The van der Waals surface area contributed by atoms with Crippen molar-refractivity contribution < 1.29 is 4.74 Å². The van der Waals surface area contributed by atoms with E-state index in [0.29, 0.717) is 0 Å². The Kier molecular flexibility index (Phi) is 6.60. The van der Waals surface area contributed by atoms with Crippen LogP contribution in [0.15, 0.2) is 52.1 Å². The lowest BCUT2D eigenvalue weighted by Crippen LogP contribution is -2.12. The lowest BCUT2D eigenvalue weighted by Gasteiger charge is -2.17. The van der Waals surface area contributed by atoms with E-state index in [0.717, 1.165) is 39.1 Å². The van der Waals surface area contributed by atoms with E-state index in [1.807, 2.05) is 13.0 Å². The van der Waals surface area contributed by atoms with Gasteiger partial charge in [-0.2, -0.15) is 0 Å². The van der Waals surface area contributed by atoms with Crippen LogP contribution in [-0.4, -0.2) is 14.8 Å². The number of ether oxygens (including phenoxy) is 1. The zero-order valence-corrected chi connectivity index (χ0v) is 18.5. The molecule has 0 aliphatic rings. The largest absolute Gasteiger partial charge is 0.482 e. The summed E-state index contributed by atoms with van der Waals surface area (Å²) in [6, 6.07) is 14.6. The van der Waals surface area contributed by atoms with Crippen LogP contribution in [0.3, 0.4) is 0 Å². The maximum Gasteiger partial charge on any atom is 0.191 e. The van der Waals surface area contributed by atoms with Crippen LogP contribution in [0.1, 0.15) is 42.5 Å².